The van der Waals surface area contributed by atoms with E-state index in [-0.39, 0.29) is 11.7 Å². The van der Waals surface area contributed by atoms with Gasteiger partial charge in [0.05, 0.1) is 12.0 Å². The summed E-state index contributed by atoms with van der Waals surface area (Å²) in [6.45, 7) is 0. The van der Waals surface area contributed by atoms with Crippen LogP contribution in [0.5, 0.6) is 0 Å². The standard InChI is InChI=1S/C22H16BrClN6OS/c23-17-5-7-18(8-6-17)30-21(15-9-11-25-12-10-15)28-29-22(30)32-14-20(31)27-26-13-16-3-1-2-4-19(16)24/h1-13H,14H2,(H,27,31). The third-order valence-electron chi connectivity index (χ3n) is 4.29. The maximum Gasteiger partial charge on any atom is 0.250 e. The normalized spacial score (nSPS) is 11.1. The molecule has 0 atom stereocenters. The van der Waals surface area contributed by atoms with Crippen LogP contribution in [0.1, 0.15) is 5.56 Å². The number of hydrogen-bond acceptors (Lipinski definition) is 6. The number of nitrogens with one attached hydrogen (secondary N) is 1. The van der Waals surface area contributed by atoms with Gasteiger partial charge in [-0.15, -0.1) is 10.2 Å². The number of rotatable bonds is 7. The molecule has 1 N–H and O–H groups in total. The molecule has 1 amide bonds. The quantitative estimate of drug-likeness (QED) is 0.208. The number of hydrogen-bond donors (Lipinski definition) is 1. The lowest BCUT2D eigenvalue weighted by Gasteiger charge is -2.10. The lowest BCUT2D eigenvalue weighted by Crippen LogP contribution is -2.20. The fourth-order valence-electron chi connectivity index (χ4n) is 2.79. The summed E-state index contributed by atoms with van der Waals surface area (Å²) < 4.78 is 2.87. The van der Waals surface area contributed by atoms with Gasteiger partial charge in [0, 0.05) is 38.7 Å². The molecule has 0 saturated carbocycles. The van der Waals surface area contributed by atoms with Gasteiger partial charge in [-0.3, -0.25) is 14.3 Å². The number of amides is 1. The van der Waals surface area contributed by atoms with Crippen LogP contribution in [0.15, 0.2) is 87.8 Å². The van der Waals surface area contributed by atoms with Gasteiger partial charge in [0.1, 0.15) is 0 Å². The van der Waals surface area contributed by atoms with Crippen molar-refractivity contribution < 1.29 is 4.79 Å². The first-order valence-electron chi connectivity index (χ1n) is 9.43. The third kappa shape index (κ3) is 5.42. The van der Waals surface area contributed by atoms with Gasteiger partial charge < -0.3 is 0 Å². The second-order valence-corrected chi connectivity index (χ2v) is 8.72. The van der Waals surface area contributed by atoms with Crippen LogP contribution in [0.3, 0.4) is 0 Å². The molecule has 0 bridgehead atoms. The van der Waals surface area contributed by atoms with Crippen molar-refractivity contribution in [1.82, 2.24) is 25.2 Å². The highest BCUT2D eigenvalue weighted by Crippen LogP contribution is 2.28. The Morgan fingerprint density at radius 1 is 1.09 bits per heavy atom. The van der Waals surface area contributed by atoms with Crippen LogP contribution < -0.4 is 5.43 Å². The molecule has 0 unspecified atom stereocenters. The first kappa shape index (κ1) is 22.2. The smallest absolute Gasteiger partial charge is 0.250 e. The minimum absolute atomic E-state index is 0.116. The van der Waals surface area contributed by atoms with Crippen molar-refractivity contribution >= 4 is 51.4 Å². The molecule has 2 heterocycles. The SMILES string of the molecule is O=C(CSc1nnc(-c2ccncc2)n1-c1ccc(Br)cc1)NN=Cc1ccccc1Cl. The highest BCUT2D eigenvalue weighted by atomic mass is 79.9. The van der Waals surface area contributed by atoms with Gasteiger partial charge in [-0.25, -0.2) is 5.43 Å². The first-order valence-corrected chi connectivity index (χ1v) is 11.6. The van der Waals surface area contributed by atoms with Gasteiger partial charge in [-0.1, -0.05) is 57.5 Å². The number of nitrogens with zero attached hydrogens (tertiary/aromatic N) is 5. The van der Waals surface area contributed by atoms with E-state index in [4.69, 9.17) is 11.6 Å². The topological polar surface area (TPSA) is 85.1 Å². The number of benzene rings is 2. The lowest BCUT2D eigenvalue weighted by molar-refractivity contribution is -0.118. The summed E-state index contributed by atoms with van der Waals surface area (Å²) in [6.07, 6.45) is 4.91. The molecule has 4 aromatic rings. The number of carbonyl (C=O) groups excluding carboxylic acids is 1. The van der Waals surface area contributed by atoms with Crippen LogP contribution in [0.25, 0.3) is 17.1 Å². The van der Waals surface area contributed by atoms with Crippen molar-refractivity contribution in [2.24, 2.45) is 5.10 Å². The van der Waals surface area contributed by atoms with E-state index < -0.39 is 0 Å². The van der Waals surface area contributed by atoms with E-state index >= 15 is 0 Å². The summed E-state index contributed by atoms with van der Waals surface area (Å²) >= 11 is 10.8. The molecule has 0 aliphatic carbocycles. The van der Waals surface area contributed by atoms with E-state index in [9.17, 15) is 4.79 Å². The number of halogens is 2. The zero-order valence-electron chi connectivity index (χ0n) is 16.5. The van der Waals surface area contributed by atoms with E-state index in [1.807, 2.05) is 59.2 Å². The number of carbonyl (C=O) groups is 1. The Morgan fingerprint density at radius 2 is 1.84 bits per heavy atom. The van der Waals surface area contributed by atoms with Crippen LogP contribution in [0, 0.1) is 0 Å². The molecule has 0 aliphatic heterocycles. The largest absolute Gasteiger partial charge is 0.272 e. The van der Waals surface area contributed by atoms with Gasteiger partial charge in [0.25, 0.3) is 5.91 Å². The molecule has 0 radical (unpaired) electrons. The Hall–Kier alpha value is -3.01. The van der Waals surface area contributed by atoms with E-state index in [2.05, 4.69) is 41.6 Å². The summed E-state index contributed by atoms with van der Waals surface area (Å²) in [4.78, 5) is 16.4. The molecule has 0 aliphatic rings. The molecular weight excluding hydrogens is 512 g/mol. The molecular formula is C22H16BrClN6OS. The number of thioether (sulfide) groups is 1. The lowest BCUT2D eigenvalue weighted by atomic mass is 10.2. The maximum atomic E-state index is 12.3. The minimum atomic E-state index is -0.269. The highest BCUT2D eigenvalue weighted by molar-refractivity contribution is 9.10. The van der Waals surface area contributed by atoms with Crippen molar-refractivity contribution in [3.05, 3.63) is 88.1 Å². The highest BCUT2D eigenvalue weighted by Gasteiger charge is 2.17. The number of pyridine rings is 1. The second kappa shape index (κ2) is 10.5. The Balaban J connectivity index is 1.51. The van der Waals surface area contributed by atoms with E-state index in [0.717, 1.165) is 21.3 Å². The number of aromatic nitrogens is 4. The molecule has 4 rings (SSSR count). The van der Waals surface area contributed by atoms with Gasteiger partial charge >= 0.3 is 0 Å². The molecule has 10 heteroatoms. The Bertz CT molecular complexity index is 1250. The van der Waals surface area contributed by atoms with Gasteiger partial charge in [-0.05, 0) is 42.5 Å². The molecule has 0 spiro atoms. The third-order valence-corrected chi connectivity index (χ3v) is 6.09. The molecule has 32 heavy (non-hydrogen) atoms. The van der Waals surface area contributed by atoms with Crippen molar-refractivity contribution in [3.8, 4) is 17.1 Å². The average Bonchev–Trinajstić information content (AvgIpc) is 3.24. The monoisotopic (exact) mass is 526 g/mol. The van der Waals surface area contributed by atoms with Gasteiger partial charge in [0.15, 0.2) is 11.0 Å². The minimum Gasteiger partial charge on any atom is -0.272 e. The molecule has 2 aromatic carbocycles. The van der Waals surface area contributed by atoms with Crippen molar-refractivity contribution in [3.63, 3.8) is 0 Å². The molecule has 2 aromatic heterocycles. The van der Waals surface area contributed by atoms with Gasteiger partial charge in [-0.2, -0.15) is 5.10 Å². The van der Waals surface area contributed by atoms with Crippen LogP contribution in [-0.4, -0.2) is 37.6 Å². The van der Waals surface area contributed by atoms with Crippen molar-refractivity contribution in [2.75, 3.05) is 5.75 Å². The zero-order valence-corrected chi connectivity index (χ0v) is 19.7. The van der Waals surface area contributed by atoms with Crippen LogP contribution in [0.2, 0.25) is 5.02 Å². The summed E-state index contributed by atoms with van der Waals surface area (Å²) in [5.41, 5.74) is 4.98. The fourth-order valence-corrected chi connectivity index (χ4v) is 3.98. The number of hydrazone groups is 1. The molecule has 7 nitrogen and oxygen atoms in total. The summed E-state index contributed by atoms with van der Waals surface area (Å²) in [6, 6.07) is 18.8. The Morgan fingerprint density at radius 3 is 2.59 bits per heavy atom. The predicted octanol–water partition coefficient (Wildman–Crippen LogP) is 4.99. The fraction of sp³-hybridized carbons (Fsp3) is 0.0455. The average molecular weight is 528 g/mol. The molecule has 0 fully saturated rings. The Kier molecular flexibility index (Phi) is 7.31. The van der Waals surface area contributed by atoms with Gasteiger partial charge in [0.2, 0.25) is 0 Å². The van der Waals surface area contributed by atoms with E-state index in [1.54, 1.807) is 18.5 Å². The second-order valence-electron chi connectivity index (χ2n) is 6.46. The molecule has 0 saturated heterocycles. The summed E-state index contributed by atoms with van der Waals surface area (Å²) in [5, 5.41) is 13.8. The zero-order chi connectivity index (χ0) is 22.3. The van der Waals surface area contributed by atoms with Crippen LogP contribution >= 0.6 is 39.3 Å². The van der Waals surface area contributed by atoms with E-state index in [1.165, 1.54) is 18.0 Å². The molecule has 160 valence electrons. The first-order chi connectivity index (χ1) is 15.6. The van der Waals surface area contributed by atoms with Crippen molar-refractivity contribution in [1.29, 1.82) is 0 Å². The van der Waals surface area contributed by atoms with Crippen molar-refractivity contribution in [2.45, 2.75) is 5.16 Å². The summed E-state index contributed by atoms with van der Waals surface area (Å²) in [7, 11) is 0. The maximum absolute atomic E-state index is 12.3. The van der Waals surface area contributed by atoms with E-state index in [0.29, 0.717) is 16.0 Å². The predicted molar refractivity (Wildman–Crippen MR) is 130 cm³/mol. The summed E-state index contributed by atoms with van der Waals surface area (Å²) in [5.74, 6) is 0.508. The van der Waals surface area contributed by atoms with Crippen LogP contribution in [0.4, 0.5) is 0 Å². The van der Waals surface area contributed by atoms with Crippen LogP contribution in [-0.2, 0) is 4.79 Å². The Labute approximate surface area is 202 Å².